The normalized spacial score (nSPS) is 13.3. The number of amides is 1. The molecule has 7 nitrogen and oxygen atoms in total. The van der Waals surface area contributed by atoms with Gasteiger partial charge < -0.3 is 9.64 Å². The second-order valence-corrected chi connectivity index (χ2v) is 8.26. The van der Waals surface area contributed by atoms with E-state index in [1.807, 2.05) is 31.4 Å². The minimum absolute atomic E-state index is 0.0386. The predicted octanol–water partition coefficient (Wildman–Crippen LogP) is 3.34. The molecule has 1 amide bonds. The predicted molar refractivity (Wildman–Crippen MR) is 110 cm³/mol. The van der Waals surface area contributed by atoms with E-state index in [9.17, 15) is 9.59 Å². The van der Waals surface area contributed by atoms with Gasteiger partial charge in [-0.15, -0.1) is 11.3 Å². The third kappa shape index (κ3) is 4.04. The summed E-state index contributed by atoms with van der Waals surface area (Å²) in [6, 6.07) is 7.18. The topological polar surface area (TPSA) is 77.3 Å². The minimum Gasteiger partial charge on any atom is -0.451 e. The molecule has 0 radical (unpaired) electrons. The van der Waals surface area contributed by atoms with Crippen molar-refractivity contribution in [3.8, 4) is 5.82 Å². The zero-order valence-corrected chi connectivity index (χ0v) is 17.6. The molecule has 0 unspecified atom stereocenters. The number of halogens is 1. The van der Waals surface area contributed by atoms with Gasteiger partial charge in [0.05, 0.1) is 10.7 Å². The number of rotatable bonds is 4. The van der Waals surface area contributed by atoms with E-state index in [4.69, 9.17) is 16.3 Å². The first-order chi connectivity index (χ1) is 13.9. The molecule has 0 saturated carbocycles. The summed E-state index contributed by atoms with van der Waals surface area (Å²) in [5, 5.41) is 6.55. The average Bonchev–Trinajstić information content (AvgIpc) is 3.31. The third-order valence-corrected chi connectivity index (χ3v) is 6.07. The summed E-state index contributed by atoms with van der Waals surface area (Å²) in [6.45, 7) is 4.59. The highest BCUT2D eigenvalue weighted by molar-refractivity contribution is 7.10. The Morgan fingerprint density at radius 3 is 2.86 bits per heavy atom. The van der Waals surface area contributed by atoms with Crippen LogP contribution in [0.2, 0.25) is 5.02 Å². The molecule has 0 fully saturated rings. The molecule has 1 aliphatic rings. The number of carbonyl (C=O) groups excluding carboxylic acids is 2. The van der Waals surface area contributed by atoms with E-state index in [1.54, 1.807) is 33.1 Å². The number of carbonyl (C=O) groups is 2. The lowest BCUT2D eigenvalue weighted by molar-refractivity contribution is -0.135. The number of hydrogen-bond acceptors (Lipinski definition) is 6. The Morgan fingerprint density at radius 2 is 2.10 bits per heavy atom. The number of aryl methyl sites for hydroxylation is 2. The summed E-state index contributed by atoms with van der Waals surface area (Å²) in [5.74, 6) is -0.514. The van der Waals surface area contributed by atoms with Crippen molar-refractivity contribution < 1.29 is 14.3 Å². The number of thiophene rings is 1. The molecule has 0 spiro atoms. The first kappa shape index (κ1) is 19.6. The molecular weight excluding hydrogens is 412 g/mol. The van der Waals surface area contributed by atoms with Gasteiger partial charge in [0.25, 0.3) is 5.91 Å². The van der Waals surface area contributed by atoms with E-state index in [1.165, 1.54) is 4.88 Å². The van der Waals surface area contributed by atoms with Crippen LogP contribution in [-0.4, -0.2) is 44.7 Å². The van der Waals surface area contributed by atoms with Crippen molar-refractivity contribution in [1.82, 2.24) is 19.7 Å². The number of ether oxygens (including phenoxy) is 1. The highest BCUT2D eigenvalue weighted by atomic mass is 35.5. The monoisotopic (exact) mass is 430 g/mol. The van der Waals surface area contributed by atoms with Crippen LogP contribution in [0.5, 0.6) is 0 Å². The van der Waals surface area contributed by atoms with Crippen LogP contribution in [0.4, 0.5) is 0 Å². The Balaban J connectivity index is 1.44. The van der Waals surface area contributed by atoms with Gasteiger partial charge in [0.1, 0.15) is 0 Å². The lowest BCUT2D eigenvalue weighted by Crippen LogP contribution is -2.38. The van der Waals surface area contributed by atoms with Gasteiger partial charge in [-0.2, -0.15) is 5.10 Å². The van der Waals surface area contributed by atoms with Crippen LogP contribution in [0.1, 0.15) is 32.3 Å². The summed E-state index contributed by atoms with van der Waals surface area (Å²) in [7, 11) is 0. The van der Waals surface area contributed by atoms with Crippen LogP contribution in [-0.2, 0) is 22.5 Å². The maximum atomic E-state index is 12.5. The molecule has 0 aromatic carbocycles. The van der Waals surface area contributed by atoms with Gasteiger partial charge in [0, 0.05) is 23.7 Å². The number of fused-ring (bicyclic) bond motifs is 1. The van der Waals surface area contributed by atoms with E-state index >= 15 is 0 Å². The molecule has 29 heavy (non-hydrogen) atoms. The fourth-order valence-electron chi connectivity index (χ4n) is 3.30. The Kier molecular flexibility index (Phi) is 5.38. The summed E-state index contributed by atoms with van der Waals surface area (Å²) >= 11 is 7.85. The maximum absolute atomic E-state index is 12.5. The van der Waals surface area contributed by atoms with Crippen LogP contribution < -0.4 is 0 Å². The van der Waals surface area contributed by atoms with Gasteiger partial charge in [0.15, 0.2) is 18.1 Å². The van der Waals surface area contributed by atoms with Crippen molar-refractivity contribution in [2.45, 2.75) is 26.8 Å². The molecule has 9 heteroatoms. The number of nitrogens with zero attached hydrogens (tertiary/aromatic N) is 4. The van der Waals surface area contributed by atoms with Crippen LogP contribution in [0.15, 0.2) is 29.6 Å². The smallest absolute Gasteiger partial charge is 0.359 e. The van der Waals surface area contributed by atoms with Crippen molar-refractivity contribution in [2.24, 2.45) is 0 Å². The van der Waals surface area contributed by atoms with Crippen molar-refractivity contribution in [1.29, 1.82) is 0 Å². The van der Waals surface area contributed by atoms with Gasteiger partial charge in [-0.05, 0) is 55.5 Å². The van der Waals surface area contributed by atoms with Gasteiger partial charge >= 0.3 is 5.97 Å². The second kappa shape index (κ2) is 7.96. The molecule has 0 atom stereocenters. The Hall–Kier alpha value is -2.71. The minimum atomic E-state index is -0.736. The van der Waals surface area contributed by atoms with Crippen molar-refractivity contribution in [3.63, 3.8) is 0 Å². The van der Waals surface area contributed by atoms with Crippen molar-refractivity contribution in [3.05, 3.63) is 62.2 Å². The zero-order chi connectivity index (χ0) is 20.5. The quantitative estimate of drug-likeness (QED) is 0.593. The summed E-state index contributed by atoms with van der Waals surface area (Å²) < 4.78 is 6.84. The van der Waals surface area contributed by atoms with Crippen molar-refractivity contribution in [2.75, 3.05) is 13.2 Å². The molecule has 4 rings (SSSR count). The van der Waals surface area contributed by atoms with Gasteiger partial charge in [-0.3, -0.25) is 4.79 Å². The molecule has 1 aliphatic heterocycles. The summed E-state index contributed by atoms with van der Waals surface area (Å²) in [6.07, 6.45) is 0.824. The molecular formula is C20H19ClN4O3S. The maximum Gasteiger partial charge on any atom is 0.359 e. The van der Waals surface area contributed by atoms with Gasteiger partial charge in [-0.1, -0.05) is 11.6 Å². The highest BCUT2D eigenvalue weighted by Gasteiger charge is 2.24. The second-order valence-electron chi connectivity index (χ2n) is 6.85. The van der Waals surface area contributed by atoms with Crippen LogP contribution >= 0.6 is 22.9 Å². The largest absolute Gasteiger partial charge is 0.451 e. The first-order valence-electron chi connectivity index (χ1n) is 9.12. The van der Waals surface area contributed by atoms with Gasteiger partial charge in [0.2, 0.25) is 0 Å². The van der Waals surface area contributed by atoms with E-state index in [0.29, 0.717) is 18.9 Å². The summed E-state index contributed by atoms with van der Waals surface area (Å²) in [4.78, 5) is 32.3. The van der Waals surface area contributed by atoms with E-state index < -0.39 is 5.97 Å². The first-order valence-corrected chi connectivity index (χ1v) is 10.4. The zero-order valence-electron chi connectivity index (χ0n) is 16.0. The Morgan fingerprint density at radius 1 is 1.28 bits per heavy atom. The van der Waals surface area contributed by atoms with Crippen LogP contribution in [0, 0.1) is 13.8 Å². The standard InChI is InChI=1S/C20H19ClN4O3S/c1-12-9-13(2)25(23-12)17-4-3-15(21)19(22-17)20(27)28-11-18(26)24-7-5-16-14(10-24)6-8-29-16/h3-4,6,8-9H,5,7,10-11H2,1-2H3. The molecule has 0 saturated heterocycles. The van der Waals surface area contributed by atoms with Crippen LogP contribution in [0.25, 0.3) is 5.82 Å². The summed E-state index contributed by atoms with van der Waals surface area (Å²) in [5.41, 5.74) is 2.83. The van der Waals surface area contributed by atoms with Crippen LogP contribution in [0.3, 0.4) is 0 Å². The Labute approximate surface area is 176 Å². The molecule has 0 aliphatic carbocycles. The van der Waals surface area contributed by atoms with E-state index in [0.717, 1.165) is 23.4 Å². The number of esters is 1. The number of aromatic nitrogens is 3. The highest BCUT2D eigenvalue weighted by Crippen LogP contribution is 2.24. The Bertz CT molecular complexity index is 1090. The average molecular weight is 431 g/mol. The molecule has 3 aromatic rings. The number of pyridine rings is 1. The lowest BCUT2D eigenvalue weighted by atomic mass is 10.1. The molecule has 150 valence electrons. The van der Waals surface area contributed by atoms with Gasteiger partial charge in [-0.25, -0.2) is 14.5 Å². The third-order valence-electron chi connectivity index (χ3n) is 4.74. The molecule has 0 bridgehead atoms. The number of hydrogen-bond donors (Lipinski definition) is 0. The van der Waals surface area contributed by atoms with E-state index in [2.05, 4.69) is 10.1 Å². The molecule has 0 N–H and O–H groups in total. The lowest BCUT2D eigenvalue weighted by Gasteiger charge is -2.26. The molecule has 3 aromatic heterocycles. The molecule has 4 heterocycles. The SMILES string of the molecule is Cc1cc(C)n(-c2ccc(Cl)c(C(=O)OCC(=O)N3CCc4sccc4C3)n2)n1. The fourth-order valence-corrected chi connectivity index (χ4v) is 4.37. The van der Waals surface area contributed by atoms with Crippen molar-refractivity contribution >= 4 is 34.8 Å². The van der Waals surface area contributed by atoms with E-state index in [-0.39, 0.29) is 23.2 Å². The fraction of sp³-hybridized carbons (Fsp3) is 0.300.